The Balaban J connectivity index is 2.80. The fraction of sp³-hybridized carbons (Fsp3) is 0.538. The summed E-state index contributed by atoms with van der Waals surface area (Å²) in [7, 11) is -1.40. The fourth-order valence-electron chi connectivity index (χ4n) is 1.83. The monoisotopic (exact) mass is 316 g/mol. The van der Waals surface area contributed by atoms with Crippen LogP contribution < -0.4 is 10.1 Å². The van der Waals surface area contributed by atoms with Crippen molar-refractivity contribution in [1.82, 2.24) is 5.32 Å². The van der Waals surface area contributed by atoms with Crippen molar-refractivity contribution in [1.29, 1.82) is 0 Å². The number of nitrogens with one attached hydrogen (secondary N) is 1. The minimum atomic E-state index is -3.16. The van der Waals surface area contributed by atoms with Crippen molar-refractivity contribution in [2.45, 2.75) is 19.9 Å². The number of hydrogen-bond donors (Lipinski definition) is 1. The number of nitro groups is 1. The maximum Gasteiger partial charge on any atom is 0.310 e. The molecule has 0 atom stereocenters. The van der Waals surface area contributed by atoms with Gasteiger partial charge in [-0.25, -0.2) is 8.42 Å². The van der Waals surface area contributed by atoms with Gasteiger partial charge >= 0.3 is 5.69 Å². The Labute approximate surface area is 124 Å². The van der Waals surface area contributed by atoms with Crippen LogP contribution in [0.15, 0.2) is 18.2 Å². The number of nitrogens with zero attached hydrogens (tertiary/aromatic N) is 1. The van der Waals surface area contributed by atoms with Gasteiger partial charge in [-0.2, -0.15) is 0 Å². The van der Waals surface area contributed by atoms with Crippen molar-refractivity contribution in [2.75, 3.05) is 25.2 Å². The molecule has 0 aromatic heterocycles. The zero-order valence-electron chi connectivity index (χ0n) is 12.2. The summed E-state index contributed by atoms with van der Waals surface area (Å²) in [6.45, 7) is 2.24. The molecule has 0 fully saturated rings. The third-order valence-electron chi connectivity index (χ3n) is 2.77. The molecule has 0 spiro atoms. The van der Waals surface area contributed by atoms with E-state index in [2.05, 4.69) is 5.32 Å². The Kier molecular flexibility index (Phi) is 6.57. The van der Waals surface area contributed by atoms with Crippen LogP contribution in [0.5, 0.6) is 5.75 Å². The van der Waals surface area contributed by atoms with Gasteiger partial charge in [0.25, 0.3) is 0 Å². The summed E-state index contributed by atoms with van der Waals surface area (Å²) in [6.07, 6.45) is 0.542. The van der Waals surface area contributed by atoms with Gasteiger partial charge in [0.2, 0.25) is 0 Å². The van der Waals surface area contributed by atoms with E-state index in [0.717, 1.165) is 5.56 Å². The topological polar surface area (TPSA) is 98.5 Å². The van der Waals surface area contributed by atoms with Crippen LogP contribution in [0.3, 0.4) is 0 Å². The summed E-state index contributed by atoms with van der Waals surface area (Å²) >= 11 is 0. The number of ether oxygens (including phenoxy) is 1. The smallest absolute Gasteiger partial charge is 0.310 e. The van der Waals surface area contributed by atoms with Crippen LogP contribution in [-0.4, -0.2) is 38.5 Å². The van der Waals surface area contributed by atoms with Gasteiger partial charge in [0.05, 0.1) is 16.4 Å². The second kappa shape index (κ2) is 7.94. The van der Waals surface area contributed by atoms with E-state index in [9.17, 15) is 18.5 Å². The van der Waals surface area contributed by atoms with E-state index in [1.54, 1.807) is 26.1 Å². The average Bonchev–Trinajstić information content (AvgIpc) is 2.38. The molecule has 0 heterocycles. The number of benzene rings is 1. The molecule has 0 aliphatic heterocycles. The number of hydrogen-bond acceptors (Lipinski definition) is 6. The predicted molar refractivity (Wildman–Crippen MR) is 80.3 cm³/mol. The van der Waals surface area contributed by atoms with E-state index in [1.807, 2.05) is 0 Å². The lowest BCUT2D eigenvalue weighted by molar-refractivity contribution is -0.385. The standard InChI is InChI=1S/C13H20N2O5S/c1-3-7-21(18,19)8-6-20-13-9-11(10-14-2)4-5-12(13)15(16)17/h4-5,9,14H,3,6-8,10H2,1-2H3. The van der Waals surface area contributed by atoms with Crippen LogP contribution in [0, 0.1) is 10.1 Å². The van der Waals surface area contributed by atoms with E-state index in [4.69, 9.17) is 4.74 Å². The normalized spacial score (nSPS) is 11.3. The summed E-state index contributed by atoms with van der Waals surface area (Å²) in [5.74, 6) is 0.0476. The van der Waals surface area contributed by atoms with Crippen LogP contribution in [0.1, 0.15) is 18.9 Å². The molecular formula is C13H20N2O5S. The highest BCUT2D eigenvalue weighted by atomic mass is 32.2. The fourth-order valence-corrected chi connectivity index (χ4v) is 2.99. The van der Waals surface area contributed by atoms with E-state index in [1.165, 1.54) is 6.07 Å². The van der Waals surface area contributed by atoms with Crippen molar-refractivity contribution in [3.63, 3.8) is 0 Å². The first-order chi connectivity index (χ1) is 9.89. The SMILES string of the molecule is CCCS(=O)(=O)CCOc1cc(CNC)ccc1[N+](=O)[O-]. The Morgan fingerprint density at radius 3 is 2.62 bits per heavy atom. The molecule has 118 valence electrons. The second-order valence-corrected chi connectivity index (χ2v) is 6.89. The predicted octanol–water partition coefficient (Wildman–Crippen LogP) is 1.52. The Morgan fingerprint density at radius 1 is 1.33 bits per heavy atom. The van der Waals surface area contributed by atoms with Crippen LogP contribution in [0.4, 0.5) is 5.69 Å². The van der Waals surface area contributed by atoms with E-state index in [-0.39, 0.29) is 29.5 Å². The van der Waals surface area contributed by atoms with Gasteiger partial charge in [0.1, 0.15) is 6.61 Å². The molecule has 0 saturated heterocycles. The second-order valence-electron chi connectivity index (χ2n) is 4.59. The third kappa shape index (κ3) is 5.68. The third-order valence-corrected chi connectivity index (χ3v) is 4.59. The molecule has 8 heteroatoms. The summed E-state index contributed by atoms with van der Waals surface area (Å²) in [5, 5.41) is 13.9. The molecule has 21 heavy (non-hydrogen) atoms. The molecule has 1 aromatic rings. The van der Waals surface area contributed by atoms with Crippen molar-refractivity contribution < 1.29 is 18.1 Å². The van der Waals surface area contributed by atoms with Crippen LogP contribution in [0.2, 0.25) is 0 Å². The molecule has 0 unspecified atom stereocenters. The average molecular weight is 316 g/mol. The van der Waals surface area contributed by atoms with Gasteiger partial charge in [-0.05, 0) is 25.1 Å². The lowest BCUT2D eigenvalue weighted by atomic mass is 10.2. The molecule has 7 nitrogen and oxygen atoms in total. The highest BCUT2D eigenvalue weighted by Gasteiger charge is 2.17. The van der Waals surface area contributed by atoms with Crippen molar-refractivity contribution in [2.24, 2.45) is 0 Å². The highest BCUT2D eigenvalue weighted by molar-refractivity contribution is 7.91. The first-order valence-corrected chi connectivity index (χ1v) is 8.47. The molecule has 0 aliphatic carbocycles. The van der Waals surface area contributed by atoms with Crippen molar-refractivity contribution in [3.05, 3.63) is 33.9 Å². The lowest BCUT2D eigenvalue weighted by Crippen LogP contribution is -2.17. The van der Waals surface area contributed by atoms with Crippen molar-refractivity contribution in [3.8, 4) is 5.75 Å². The zero-order chi connectivity index (χ0) is 15.9. The van der Waals surface area contributed by atoms with Gasteiger partial charge in [-0.1, -0.05) is 13.0 Å². The molecule has 1 aromatic carbocycles. The first-order valence-electron chi connectivity index (χ1n) is 6.64. The van der Waals surface area contributed by atoms with Crippen molar-refractivity contribution >= 4 is 15.5 Å². The highest BCUT2D eigenvalue weighted by Crippen LogP contribution is 2.28. The summed E-state index contributed by atoms with van der Waals surface area (Å²) in [5.41, 5.74) is 0.664. The largest absolute Gasteiger partial charge is 0.486 e. The first kappa shape index (κ1) is 17.4. The summed E-state index contributed by atoms with van der Waals surface area (Å²) < 4.78 is 28.5. The zero-order valence-corrected chi connectivity index (χ0v) is 13.0. The molecule has 0 bridgehead atoms. The van der Waals surface area contributed by atoms with Gasteiger partial charge in [-0.3, -0.25) is 10.1 Å². The van der Waals surface area contributed by atoms with Gasteiger partial charge in [0.15, 0.2) is 15.6 Å². The molecule has 1 rings (SSSR count). The maximum atomic E-state index is 11.6. The molecule has 1 N–H and O–H groups in total. The van der Waals surface area contributed by atoms with E-state index in [0.29, 0.717) is 13.0 Å². The number of rotatable bonds is 9. The summed E-state index contributed by atoms with van der Waals surface area (Å²) in [4.78, 5) is 10.4. The Hall–Kier alpha value is -1.67. The minimum Gasteiger partial charge on any atom is -0.486 e. The van der Waals surface area contributed by atoms with E-state index < -0.39 is 14.8 Å². The van der Waals surface area contributed by atoms with Gasteiger partial charge < -0.3 is 10.1 Å². The molecular weight excluding hydrogens is 296 g/mol. The summed E-state index contributed by atoms with van der Waals surface area (Å²) in [6, 6.07) is 4.55. The molecule has 0 aliphatic rings. The molecule has 0 saturated carbocycles. The Morgan fingerprint density at radius 2 is 2.05 bits per heavy atom. The quantitative estimate of drug-likeness (QED) is 0.548. The van der Waals surface area contributed by atoms with Gasteiger partial charge in [0, 0.05) is 12.6 Å². The molecule has 0 radical (unpaired) electrons. The Bertz CT molecular complexity index is 586. The number of nitro benzene ring substituents is 1. The van der Waals surface area contributed by atoms with E-state index >= 15 is 0 Å². The molecule has 0 amide bonds. The minimum absolute atomic E-state index is 0.0911. The van der Waals surface area contributed by atoms with Crippen LogP contribution in [0.25, 0.3) is 0 Å². The lowest BCUT2D eigenvalue weighted by Gasteiger charge is -2.09. The number of sulfone groups is 1. The van der Waals surface area contributed by atoms with Crippen LogP contribution in [-0.2, 0) is 16.4 Å². The van der Waals surface area contributed by atoms with Crippen LogP contribution >= 0.6 is 0 Å². The maximum absolute atomic E-state index is 11.6. The van der Waals surface area contributed by atoms with Gasteiger partial charge in [-0.15, -0.1) is 0 Å².